The first kappa shape index (κ1) is 18.2. The maximum absolute atomic E-state index is 14.6. The number of rotatable bonds is 0. The summed E-state index contributed by atoms with van der Waals surface area (Å²) in [6, 6.07) is 22.9. The first-order valence-corrected chi connectivity index (χ1v) is 10.6. The molecule has 0 radical (unpaired) electrons. The Morgan fingerprint density at radius 3 is 2.39 bits per heavy atom. The lowest BCUT2D eigenvalue weighted by Gasteiger charge is -2.36. The van der Waals surface area contributed by atoms with Crippen molar-refractivity contribution >= 4 is 44.7 Å². The maximum Gasteiger partial charge on any atom is 0.343 e. The van der Waals surface area contributed by atoms with Gasteiger partial charge in [0.2, 0.25) is 5.91 Å². The Hall–Kier alpha value is -4.45. The summed E-state index contributed by atoms with van der Waals surface area (Å²) in [7, 11) is 0. The van der Waals surface area contributed by atoms with E-state index in [4.69, 9.17) is 4.42 Å². The van der Waals surface area contributed by atoms with Crippen LogP contribution in [-0.2, 0) is 10.2 Å². The second-order valence-corrected chi connectivity index (χ2v) is 8.36. The van der Waals surface area contributed by atoms with Crippen molar-refractivity contribution in [2.24, 2.45) is 0 Å². The number of anilines is 3. The highest BCUT2D eigenvalue weighted by Gasteiger charge is 2.57. The fourth-order valence-electron chi connectivity index (χ4n) is 5.43. The summed E-state index contributed by atoms with van der Waals surface area (Å²) < 4.78 is 20.3. The van der Waals surface area contributed by atoms with E-state index in [2.05, 4.69) is 10.6 Å². The van der Waals surface area contributed by atoms with Crippen molar-refractivity contribution in [3.63, 3.8) is 0 Å². The lowest BCUT2D eigenvalue weighted by molar-refractivity contribution is -0.118. The van der Waals surface area contributed by atoms with Gasteiger partial charge < -0.3 is 15.1 Å². The molecule has 5 aromatic rings. The molecule has 2 aliphatic heterocycles. The quantitative estimate of drug-likeness (QED) is 0.319. The van der Waals surface area contributed by atoms with Crippen molar-refractivity contribution in [2.75, 3.05) is 10.6 Å². The van der Waals surface area contributed by atoms with Crippen LogP contribution in [0.1, 0.15) is 16.7 Å². The van der Waals surface area contributed by atoms with Crippen LogP contribution in [0.15, 0.2) is 88.1 Å². The first-order chi connectivity index (χ1) is 16.1. The highest BCUT2D eigenvalue weighted by atomic mass is 19.1. The number of carbonyl (C=O) groups excluding carboxylic acids is 1. The van der Waals surface area contributed by atoms with Gasteiger partial charge in [-0.25, -0.2) is 9.18 Å². The van der Waals surface area contributed by atoms with E-state index >= 15 is 0 Å². The number of fused-ring (bicyclic) bond motifs is 10. The SMILES string of the molecule is O=C1Nc2ccc3ccccc3c2C12c1cc(F)ccc1Nc1c2c(=O)oc2ccccc12. The van der Waals surface area contributed by atoms with E-state index in [0.29, 0.717) is 39.2 Å². The summed E-state index contributed by atoms with van der Waals surface area (Å²) in [6.45, 7) is 0. The molecule has 6 heteroatoms. The molecular formula is C27H15FN2O3. The fourth-order valence-corrected chi connectivity index (χ4v) is 5.43. The minimum atomic E-state index is -1.57. The summed E-state index contributed by atoms with van der Waals surface area (Å²) in [5.41, 5.74) is 1.02. The number of nitrogens with one attached hydrogen (secondary N) is 2. The Balaban J connectivity index is 1.75. The summed E-state index contributed by atoms with van der Waals surface area (Å²) in [5, 5.41) is 8.64. The van der Waals surface area contributed by atoms with Crippen molar-refractivity contribution < 1.29 is 13.6 Å². The summed E-state index contributed by atoms with van der Waals surface area (Å²) in [6.07, 6.45) is 0. The van der Waals surface area contributed by atoms with Crippen LogP contribution >= 0.6 is 0 Å². The van der Waals surface area contributed by atoms with Crippen LogP contribution < -0.4 is 16.3 Å². The summed E-state index contributed by atoms with van der Waals surface area (Å²) in [5.74, 6) is -0.906. The number of carbonyl (C=O) groups is 1. The molecule has 1 aromatic heterocycles. The van der Waals surface area contributed by atoms with Gasteiger partial charge in [0.05, 0.1) is 11.3 Å². The van der Waals surface area contributed by atoms with E-state index in [1.54, 1.807) is 18.2 Å². The zero-order valence-electron chi connectivity index (χ0n) is 17.1. The molecule has 2 N–H and O–H groups in total. The molecule has 1 amide bonds. The Morgan fingerprint density at radius 1 is 0.758 bits per heavy atom. The van der Waals surface area contributed by atoms with Crippen LogP contribution in [0.4, 0.5) is 21.5 Å². The number of para-hydroxylation sites is 1. The molecule has 0 fully saturated rings. The molecule has 7 rings (SSSR count). The van der Waals surface area contributed by atoms with E-state index in [1.165, 1.54) is 12.1 Å². The highest BCUT2D eigenvalue weighted by Crippen LogP contribution is 2.56. The minimum Gasteiger partial charge on any atom is -0.422 e. The lowest BCUT2D eigenvalue weighted by Crippen LogP contribution is -2.44. The van der Waals surface area contributed by atoms with Crippen LogP contribution in [-0.4, -0.2) is 5.91 Å². The molecule has 5 nitrogen and oxygen atoms in total. The Bertz CT molecular complexity index is 1740. The molecule has 2 aliphatic rings. The number of hydrogen-bond donors (Lipinski definition) is 2. The van der Waals surface area contributed by atoms with Crippen LogP contribution in [0.2, 0.25) is 0 Å². The molecule has 1 spiro atoms. The Labute approximate surface area is 186 Å². The number of amides is 1. The molecule has 0 bridgehead atoms. The standard InChI is InChI=1S/C27H15FN2O3/c28-15-10-12-19-18(13-15)27(23-24(29-19)17-7-3-4-8-21(17)33-25(23)31)22-16-6-2-1-5-14(16)9-11-20(22)30-26(27)32/h1-13,29H,(H,30,32). The normalized spacial score (nSPS) is 18.0. The van der Waals surface area contributed by atoms with Crippen LogP contribution in [0.25, 0.3) is 21.7 Å². The van der Waals surface area contributed by atoms with Gasteiger partial charge in [-0.2, -0.15) is 0 Å². The molecule has 0 saturated carbocycles. The number of hydrogen-bond acceptors (Lipinski definition) is 4. The van der Waals surface area contributed by atoms with Gasteiger partial charge >= 0.3 is 5.63 Å². The highest BCUT2D eigenvalue weighted by molar-refractivity contribution is 6.19. The topological polar surface area (TPSA) is 71.3 Å². The maximum atomic E-state index is 14.6. The van der Waals surface area contributed by atoms with Gasteiger partial charge in [-0.05, 0) is 47.2 Å². The second kappa shape index (κ2) is 6.07. The summed E-state index contributed by atoms with van der Waals surface area (Å²) in [4.78, 5) is 27.5. The molecule has 0 saturated heterocycles. The molecule has 3 heterocycles. The molecule has 1 atom stereocenters. The second-order valence-electron chi connectivity index (χ2n) is 8.36. The van der Waals surface area contributed by atoms with Gasteiger partial charge in [0.1, 0.15) is 16.8 Å². The van der Waals surface area contributed by atoms with Crippen molar-refractivity contribution in [3.8, 4) is 0 Å². The molecular weight excluding hydrogens is 419 g/mol. The zero-order chi connectivity index (χ0) is 22.3. The van der Waals surface area contributed by atoms with Gasteiger partial charge in [-0.15, -0.1) is 0 Å². The van der Waals surface area contributed by atoms with Crippen molar-refractivity contribution in [1.82, 2.24) is 0 Å². The average Bonchev–Trinajstić information content (AvgIpc) is 3.12. The van der Waals surface area contributed by atoms with E-state index in [-0.39, 0.29) is 5.56 Å². The van der Waals surface area contributed by atoms with Gasteiger partial charge in [0, 0.05) is 27.9 Å². The van der Waals surface area contributed by atoms with E-state index in [9.17, 15) is 14.0 Å². The Morgan fingerprint density at radius 2 is 1.52 bits per heavy atom. The predicted molar refractivity (Wildman–Crippen MR) is 125 cm³/mol. The lowest BCUT2D eigenvalue weighted by atomic mass is 9.66. The van der Waals surface area contributed by atoms with Crippen LogP contribution in [0, 0.1) is 5.82 Å². The van der Waals surface area contributed by atoms with Crippen LogP contribution in [0.3, 0.4) is 0 Å². The number of halogens is 1. The largest absolute Gasteiger partial charge is 0.422 e. The predicted octanol–water partition coefficient (Wildman–Crippen LogP) is 5.43. The van der Waals surface area contributed by atoms with Gasteiger partial charge in [0.15, 0.2) is 0 Å². The van der Waals surface area contributed by atoms with Crippen molar-refractivity contribution in [3.05, 3.63) is 112 Å². The average molecular weight is 434 g/mol. The van der Waals surface area contributed by atoms with Crippen LogP contribution in [0.5, 0.6) is 0 Å². The Kier molecular flexibility index (Phi) is 3.34. The third kappa shape index (κ3) is 2.15. The molecule has 33 heavy (non-hydrogen) atoms. The zero-order valence-corrected chi connectivity index (χ0v) is 17.1. The first-order valence-electron chi connectivity index (χ1n) is 10.6. The van der Waals surface area contributed by atoms with Gasteiger partial charge in [-0.3, -0.25) is 4.79 Å². The smallest absolute Gasteiger partial charge is 0.343 e. The van der Waals surface area contributed by atoms with E-state index < -0.39 is 22.8 Å². The third-order valence-electron chi connectivity index (χ3n) is 6.73. The van der Waals surface area contributed by atoms with E-state index in [1.807, 2.05) is 48.5 Å². The third-order valence-corrected chi connectivity index (χ3v) is 6.73. The van der Waals surface area contributed by atoms with Crippen molar-refractivity contribution in [2.45, 2.75) is 5.41 Å². The monoisotopic (exact) mass is 434 g/mol. The minimum absolute atomic E-state index is 0.159. The molecule has 158 valence electrons. The summed E-state index contributed by atoms with van der Waals surface area (Å²) >= 11 is 0. The molecule has 1 unspecified atom stereocenters. The number of benzene rings is 4. The van der Waals surface area contributed by atoms with E-state index in [0.717, 1.165) is 10.8 Å². The van der Waals surface area contributed by atoms with Gasteiger partial charge in [-0.1, -0.05) is 42.5 Å². The molecule has 4 aromatic carbocycles. The fraction of sp³-hybridized carbons (Fsp3) is 0.0370. The van der Waals surface area contributed by atoms with Gasteiger partial charge in [0.25, 0.3) is 0 Å². The van der Waals surface area contributed by atoms with Crippen molar-refractivity contribution in [1.29, 1.82) is 0 Å². The molecule has 0 aliphatic carbocycles.